The molecule has 2 rings (SSSR count). The van der Waals surface area contributed by atoms with Gasteiger partial charge in [-0.2, -0.15) is 4.98 Å². The number of anilines is 2. The van der Waals surface area contributed by atoms with Crippen molar-refractivity contribution in [3.05, 3.63) is 33.1 Å². The highest BCUT2D eigenvalue weighted by Crippen LogP contribution is 2.31. The normalized spacial score (nSPS) is 10.5. The Morgan fingerprint density at radius 3 is 2.76 bits per heavy atom. The van der Waals surface area contributed by atoms with E-state index >= 15 is 0 Å². The number of methoxy groups -OCH3 is 1. The number of nitrogens with one attached hydrogen (secondary N) is 1. The fourth-order valence-corrected chi connectivity index (χ4v) is 3.29. The van der Waals surface area contributed by atoms with Crippen molar-refractivity contribution in [2.24, 2.45) is 0 Å². The lowest BCUT2D eigenvalue weighted by Gasteiger charge is -2.11. The van der Waals surface area contributed by atoms with Gasteiger partial charge in [-0.3, -0.25) is 0 Å². The van der Waals surface area contributed by atoms with Gasteiger partial charge in [-0.1, -0.05) is 34.2 Å². The third-order valence-corrected chi connectivity index (χ3v) is 4.81. The van der Waals surface area contributed by atoms with E-state index in [1.165, 1.54) is 5.56 Å². The number of halogens is 1. The minimum Gasteiger partial charge on any atom is -0.480 e. The smallest absolute Gasteiger partial charge is 0.231 e. The zero-order chi connectivity index (χ0) is 15.4. The fourth-order valence-electron chi connectivity index (χ4n) is 1.99. The fraction of sp³-hybridized carbons (Fsp3) is 0.400. The maximum absolute atomic E-state index is 5.37. The molecule has 2 aromatic rings. The SMILES string of the molecule is CCc1cc(Br)ccc1NCc1sc(N(C)C)nc1OC. The molecule has 0 fully saturated rings. The molecule has 1 N–H and O–H groups in total. The Bertz CT molecular complexity index is 613. The zero-order valence-corrected chi connectivity index (χ0v) is 15.1. The summed E-state index contributed by atoms with van der Waals surface area (Å²) in [6, 6.07) is 6.30. The number of benzene rings is 1. The molecule has 4 nitrogen and oxygen atoms in total. The van der Waals surface area contributed by atoms with Gasteiger partial charge in [-0.25, -0.2) is 0 Å². The Kier molecular flexibility index (Phi) is 5.47. The minimum atomic E-state index is 0.700. The van der Waals surface area contributed by atoms with E-state index in [1.807, 2.05) is 19.0 Å². The molecule has 1 aromatic heterocycles. The largest absolute Gasteiger partial charge is 0.480 e. The van der Waals surface area contributed by atoms with Crippen molar-refractivity contribution >= 4 is 38.1 Å². The van der Waals surface area contributed by atoms with E-state index in [4.69, 9.17) is 4.74 Å². The lowest BCUT2D eigenvalue weighted by molar-refractivity contribution is 0.397. The van der Waals surface area contributed by atoms with Crippen LogP contribution in [0.25, 0.3) is 0 Å². The highest BCUT2D eigenvalue weighted by Gasteiger charge is 2.13. The zero-order valence-electron chi connectivity index (χ0n) is 12.7. The van der Waals surface area contributed by atoms with Crippen molar-refractivity contribution in [2.45, 2.75) is 19.9 Å². The van der Waals surface area contributed by atoms with Crippen LogP contribution in [0, 0.1) is 0 Å². The number of aryl methyl sites for hydroxylation is 1. The van der Waals surface area contributed by atoms with Crippen LogP contribution in [-0.2, 0) is 13.0 Å². The first-order chi connectivity index (χ1) is 10.0. The quantitative estimate of drug-likeness (QED) is 0.829. The van der Waals surface area contributed by atoms with Crippen LogP contribution in [0.1, 0.15) is 17.4 Å². The van der Waals surface area contributed by atoms with Crippen molar-refractivity contribution in [1.29, 1.82) is 0 Å². The summed E-state index contributed by atoms with van der Waals surface area (Å²) in [5, 5.41) is 4.44. The molecule has 0 saturated carbocycles. The van der Waals surface area contributed by atoms with Crippen LogP contribution in [0.2, 0.25) is 0 Å². The van der Waals surface area contributed by atoms with Crippen molar-refractivity contribution in [2.75, 3.05) is 31.4 Å². The Morgan fingerprint density at radius 1 is 1.38 bits per heavy atom. The first-order valence-electron chi connectivity index (χ1n) is 6.78. The van der Waals surface area contributed by atoms with Crippen LogP contribution < -0.4 is 15.0 Å². The molecule has 0 aliphatic carbocycles. The molecule has 21 heavy (non-hydrogen) atoms. The van der Waals surface area contributed by atoms with E-state index in [0.29, 0.717) is 12.4 Å². The summed E-state index contributed by atoms with van der Waals surface area (Å²) in [6.07, 6.45) is 0.991. The molecule has 0 spiro atoms. The molecule has 1 aromatic carbocycles. The highest BCUT2D eigenvalue weighted by atomic mass is 79.9. The lowest BCUT2D eigenvalue weighted by atomic mass is 10.1. The number of ether oxygens (including phenoxy) is 1. The van der Waals surface area contributed by atoms with E-state index in [2.05, 4.69) is 51.4 Å². The van der Waals surface area contributed by atoms with E-state index in [1.54, 1.807) is 18.4 Å². The van der Waals surface area contributed by atoms with Gasteiger partial charge in [0.05, 0.1) is 18.5 Å². The Labute approximate surface area is 138 Å². The third-order valence-electron chi connectivity index (χ3n) is 3.11. The molecule has 0 radical (unpaired) electrons. The molecule has 114 valence electrons. The summed E-state index contributed by atoms with van der Waals surface area (Å²) in [5.74, 6) is 0.700. The molecule has 0 aliphatic rings. The highest BCUT2D eigenvalue weighted by molar-refractivity contribution is 9.10. The van der Waals surface area contributed by atoms with Gasteiger partial charge < -0.3 is 15.0 Å². The van der Waals surface area contributed by atoms with E-state index in [-0.39, 0.29) is 0 Å². The monoisotopic (exact) mass is 369 g/mol. The Balaban J connectivity index is 2.16. The first-order valence-corrected chi connectivity index (χ1v) is 8.39. The minimum absolute atomic E-state index is 0.700. The molecule has 1 heterocycles. The first kappa shape index (κ1) is 16.1. The van der Waals surface area contributed by atoms with Gasteiger partial charge in [-0.15, -0.1) is 0 Å². The molecule has 0 aliphatic heterocycles. The Hall–Kier alpha value is -1.27. The van der Waals surface area contributed by atoms with Gasteiger partial charge >= 0.3 is 0 Å². The Morgan fingerprint density at radius 2 is 2.14 bits per heavy atom. The van der Waals surface area contributed by atoms with Crippen molar-refractivity contribution < 1.29 is 4.74 Å². The van der Waals surface area contributed by atoms with Crippen LogP contribution >= 0.6 is 27.3 Å². The van der Waals surface area contributed by atoms with Gasteiger partial charge in [0.2, 0.25) is 5.88 Å². The summed E-state index contributed by atoms with van der Waals surface area (Å²) in [7, 11) is 5.63. The topological polar surface area (TPSA) is 37.4 Å². The van der Waals surface area contributed by atoms with Gasteiger partial charge in [0.1, 0.15) is 0 Å². The maximum atomic E-state index is 5.37. The number of thiazole rings is 1. The van der Waals surface area contributed by atoms with Gasteiger partial charge in [-0.05, 0) is 30.2 Å². The van der Waals surface area contributed by atoms with Crippen molar-refractivity contribution in [3.63, 3.8) is 0 Å². The summed E-state index contributed by atoms with van der Waals surface area (Å²) in [4.78, 5) is 7.57. The molecular formula is C15H20BrN3OS. The number of hydrogen-bond donors (Lipinski definition) is 1. The van der Waals surface area contributed by atoms with Gasteiger partial charge in [0, 0.05) is 24.3 Å². The van der Waals surface area contributed by atoms with Gasteiger partial charge in [0.25, 0.3) is 0 Å². The van der Waals surface area contributed by atoms with Crippen LogP contribution in [0.4, 0.5) is 10.8 Å². The van der Waals surface area contributed by atoms with Gasteiger partial charge in [0.15, 0.2) is 5.13 Å². The third kappa shape index (κ3) is 3.89. The standard InChI is InChI=1S/C15H20BrN3OS/c1-5-10-8-11(16)6-7-12(10)17-9-13-14(20-4)18-15(21-13)19(2)3/h6-8,17H,5,9H2,1-4H3. The molecule has 0 unspecified atom stereocenters. The number of nitrogens with zero attached hydrogens (tertiary/aromatic N) is 2. The second kappa shape index (κ2) is 7.13. The second-order valence-corrected chi connectivity index (χ2v) is 6.81. The molecule has 0 atom stereocenters. The summed E-state index contributed by atoms with van der Waals surface area (Å²) in [6.45, 7) is 2.87. The summed E-state index contributed by atoms with van der Waals surface area (Å²) in [5.41, 5.74) is 2.45. The average Bonchev–Trinajstić information content (AvgIpc) is 2.89. The molecule has 6 heteroatoms. The van der Waals surface area contributed by atoms with E-state index in [0.717, 1.165) is 26.6 Å². The predicted molar refractivity (Wildman–Crippen MR) is 93.8 cm³/mol. The number of rotatable bonds is 6. The number of aromatic nitrogens is 1. The molecule has 0 bridgehead atoms. The van der Waals surface area contributed by atoms with E-state index < -0.39 is 0 Å². The van der Waals surface area contributed by atoms with Crippen LogP contribution in [0.15, 0.2) is 22.7 Å². The summed E-state index contributed by atoms with van der Waals surface area (Å²) >= 11 is 5.16. The average molecular weight is 370 g/mol. The van der Waals surface area contributed by atoms with Crippen molar-refractivity contribution in [3.8, 4) is 5.88 Å². The lowest BCUT2D eigenvalue weighted by Crippen LogP contribution is -2.07. The second-order valence-electron chi connectivity index (χ2n) is 4.83. The van der Waals surface area contributed by atoms with E-state index in [9.17, 15) is 0 Å². The summed E-state index contributed by atoms with van der Waals surface area (Å²) < 4.78 is 6.47. The maximum Gasteiger partial charge on any atom is 0.231 e. The van der Waals surface area contributed by atoms with Crippen LogP contribution in [-0.4, -0.2) is 26.2 Å². The molecule has 0 amide bonds. The van der Waals surface area contributed by atoms with Crippen molar-refractivity contribution in [1.82, 2.24) is 4.98 Å². The van der Waals surface area contributed by atoms with Crippen LogP contribution in [0.3, 0.4) is 0 Å². The number of hydrogen-bond acceptors (Lipinski definition) is 5. The molecule has 0 saturated heterocycles. The predicted octanol–water partition coefficient (Wildman–Crippen LogP) is 4.15. The molecular weight excluding hydrogens is 350 g/mol. The van der Waals surface area contributed by atoms with Crippen LogP contribution in [0.5, 0.6) is 5.88 Å².